The molecule has 3 aromatic rings. The number of hydrogen-bond donors (Lipinski definition) is 0. The second-order valence-electron chi connectivity index (χ2n) is 7.22. The molecular weight excluding hydrogens is 384 g/mol. The smallest absolute Gasteiger partial charge is 0.240 e. The molecule has 2 heterocycles. The number of hydrogen-bond acceptors (Lipinski definition) is 5. The molecule has 1 aliphatic heterocycles. The van der Waals surface area contributed by atoms with Crippen LogP contribution in [0.2, 0.25) is 0 Å². The van der Waals surface area contributed by atoms with E-state index in [0.29, 0.717) is 11.0 Å². The molecule has 6 nitrogen and oxygen atoms in total. The molecule has 1 aromatic heterocycles. The molecule has 2 unspecified atom stereocenters. The summed E-state index contributed by atoms with van der Waals surface area (Å²) in [5, 5.41) is 9.09. The number of amides is 1. The minimum Gasteiger partial charge on any atom is -0.496 e. The van der Waals surface area contributed by atoms with Gasteiger partial charge in [0.15, 0.2) is 11.0 Å². The van der Waals surface area contributed by atoms with Crippen LogP contribution in [-0.4, -0.2) is 39.1 Å². The maximum Gasteiger partial charge on any atom is 0.240 e. The van der Waals surface area contributed by atoms with Gasteiger partial charge in [0.2, 0.25) is 5.91 Å². The lowest BCUT2D eigenvalue weighted by atomic mass is 10.1. The Balaban J connectivity index is 1.56. The van der Waals surface area contributed by atoms with E-state index in [0.717, 1.165) is 23.4 Å². The van der Waals surface area contributed by atoms with Crippen molar-refractivity contribution >= 4 is 23.4 Å². The molecule has 0 aliphatic carbocycles. The summed E-state index contributed by atoms with van der Waals surface area (Å²) < 4.78 is 7.36. The van der Waals surface area contributed by atoms with Gasteiger partial charge in [0.05, 0.1) is 17.9 Å². The van der Waals surface area contributed by atoms with E-state index in [4.69, 9.17) is 4.74 Å². The Morgan fingerprint density at radius 3 is 2.69 bits per heavy atom. The summed E-state index contributed by atoms with van der Waals surface area (Å²) in [6, 6.07) is 16.0. The van der Waals surface area contributed by atoms with Crippen LogP contribution in [0.15, 0.2) is 53.7 Å². The van der Waals surface area contributed by atoms with Crippen LogP contribution in [0, 0.1) is 0 Å². The second-order valence-corrected chi connectivity index (χ2v) is 8.52. The molecule has 2 atom stereocenters. The van der Waals surface area contributed by atoms with E-state index in [9.17, 15) is 4.79 Å². The lowest BCUT2D eigenvalue weighted by molar-refractivity contribution is -0.118. The largest absolute Gasteiger partial charge is 0.496 e. The van der Waals surface area contributed by atoms with Crippen molar-refractivity contribution < 1.29 is 9.53 Å². The third kappa shape index (κ3) is 3.51. The number of carbonyl (C=O) groups is 1. The van der Waals surface area contributed by atoms with Crippen LogP contribution in [0.4, 0.5) is 5.69 Å². The van der Waals surface area contributed by atoms with Crippen LogP contribution < -0.4 is 9.64 Å². The van der Waals surface area contributed by atoms with Crippen molar-refractivity contribution in [2.45, 2.75) is 36.7 Å². The summed E-state index contributed by atoms with van der Waals surface area (Å²) in [7, 11) is 3.55. The van der Waals surface area contributed by atoms with E-state index in [1.54, 1.807) is 7.11 Å². The number of thioether (sulfide) groups is 1. The van der Waals surface area contributed by atoms with Crippen LogP contribution in [-0.2, 0) is 18.3 Å². The van der Waals surface area contributed by atoms with Gasteiger partial charge in [-0.25, -0.2) is 0 Å². The molecular formula is C22H24N4O2S. The molecule has 0 bridgehead atoms. The molecule has 4 rings (SSSR count). The topological polar surface area (TPSA) is 60.3 Å². The lowest BCUT2D eigenvalue weighted by Gasteiger charge is -2.25. The van der Waals surface area contributed by atoms with Crippen molar-refractivity contribution in [2.24, 2.45) is 7.05 Å². The predicted octanol–water partition coefficient (Wildman–Crippen LogP) is 3.95. The normalized spacial score (nSPS) is 16.6. The zero-order chi connectivity index (χ0) is 20.5. The number of para-hydroxylation sites is 2. The SMILES string of the molecule is COc1ccccc1-c1nnc(SC(C)C(=O)N2c3ccccc3CC2C)n1C. The fourth-order valence-electron chi connectivity index (χ4n) is 3.79. The number of methoxy groups -OCH3 is 1. The van der Waals surface area contributed by atoms with Crippen molar-refractivity contribution in [2.75, 3.05) is 12.0 Å². The third-order valence-electron chi connectivity index (χ3n) is 5.26. The predicted molar refractivity (Wildman–Crippen MR) is 115 cm³/mol. The first-order chi connectivity index (χ1) is 14.0. The molecule has 0 N–H and O–H groups in total. The van der Waals surface area contributed by atoms with Gasteiger partial charge >= 0.3 is 0 Å². The van der Waals surface area contributed by atoms with Crippen LogP contribution in [0.25, 0.3) is 11.4 Å². The van der Waals surface area contributed by atoms with E-state index in [1.165, 1.54) is 17.3 Å². The highest BCUT2D eigenvalue weighted by Crippen LogP contribution is 2.35. The highest BCUT2D eigenvalue weighted by atomic mass is 32.2. The van der Waals surface area contributed by atoms with Crippen molar-refractivity contribution in [3.05, 3.63) is 54.1 Å². The van der Waals surface area contributed by atoms with E-state index in [2.05, 4.69) is 23.2 Å². The lowest BCUT2D eigenvalue weighted by Crippen LogP contribution is -2.40. The Labute approximate surface area is 174 Å². The van der Waals surface area contributed by atoms with Gasteiger partial charge in [0.1, 0.15) is 5.75 Å². The van der Waals surface area contributed by atoms with E-state index < -0.39 is 0 Å². The summed E-state index contributed by atoms with van der Waals surface area (Å²) >= 11 is 1.43. The molecule has 1 amide bonds. The van der Waals surface area contributed by atoms with Crippen LogP contribution in [0.5, 0.6) is 5.75 Å². The van der Waals surface area contributed by atoms with Gasteiger partial charge in [-0.2, -0.15) is 0 Å². The molecule has 1 aliphatic rings. The molecule has 0 radical (unpaired) electrons. The third-order valence-corrected chi connectivity index (χ3v) is 6.38. The zero-order valence-electron chi connectivity index (χ0n) is 17.0. The van der Waals surface area contributed by atoms with Crippen molar-refractivity contribution in [1.29, 1.82) is 0 Å². The monoisotopic (exact) mass is 408 g/mol. The number of carbonyl (C=O) groups excluding carboxylic acids is 1. The summed E-state index contributed by atoms with van der Waals surface area (Å²) in [6.45, 7) is 4.02. The molecule has 0 saturated carbocycles. The number of ether oxygens (including phenoxy) is 1. The summed E-state index contributed by atoms with van der Waals surface area (Å²) in [6.07, 6.45) is 0.890. The van der Waals surface area contributed by atoms with Gasteiger partial charge in [0.25, 0.3) is 0 Å². The van der Waals surface area contributed by atoms with E-state index in [1.807, 2.05) is 65.9 Å². The first-order valence-electron chi connectivity index (χ1n) is 9.61. The minimum atomic E-state index is -0.281. The number of benzene rings is 2. The highest BCUT2D eigenvalue weighted by Gasteiger charge is 2.34. The van der Waals surface area contributed by atoms with E-state index in [-0.39, 0.29) is 17.2 Å². The molecule has 0 fully saturated rings. The quantitative estimate of drug-likeness (QED) is 0.598. The van der Waals surface area contributed by atoms with Gasteiger partial charge in [-0.3, -0.25) is 4.79 Å². The number of aromatic nitrogens is 3. The molecule has 150 valence electrons. The molecule has 0 saturated heterocycles. The average Bonchev–Trinajstić information content (AvgIpc) is 3.26. The molecule has 7 heteroatoms. The number of anilines is 1. The second kappa shape index (κ2) is 7.91. The number of nitrogens with zero attached hydrogens (tertiary/aromatic N) is 4. The summed E-state index contributed by atoms with van der Waals surface area (Å²) in [5.74, 6) is 1.55. The van der Waals surface area contributed by atoms with Crippen molar-refractivity contribution in [1.82, 2.24) is 14.8 Å². The Morgan fingerprint density at radius 2 is 1.90 bits per heavy atom. The van der Waals surface area contributed by atoms with Gasteiger partial charge in [-0.1, -0.05) is 42.1 Å². The van der Waals surface area contributed by atoms with Crippen molar-refractivity contribution in [3.8, 4) is 17.1 Å². The Bertz CT molecular complexity index is 1050. The Hall–Kier alpha value is -2.80. The maximum atomic E-state index is 13.2. The zero-order valence-corrected chi connectivity index (χ0v) is 17.8. The van der Waals surface area contributed by atoms with Gasteiger partial charge < -0.3 is 14.2 Å². The fourth-order valence-corrected chi connectivity index (χ4v) is 4.65. The van der Waals surface area contributed by atoms with Gasteiger partial charge in [-0.15, -0.1) is 10.2 Å². The van der Waals surface area contributed by atoms with Gasteiger partial charge in [0, 0.05) is 18.8 Å². The Kier molecular flexibility index (Phi) is 5.32. The summed E-state index contributed by atoms with van der Waals surface area (Å²) in [5.41, 5.74) is 3.12. The first kappa shape index (κ1) is 19.5. The van der Waals surface area contributed by atoms with Crippen LogP contribution >= 0.6 is 11.8 Å². The standard InChI is InChI=1S/C22H24N4O2S/c1-14-13-16-9-5-7-11-18(16)26(14)21(27)15(2)29-22-24-23-20(25(22)3)17-10-6-8-12-19(17)28-4/h5-12,14-15H,13H2,1-4H3. The average molecular weight is 409 g/mol. The van der Waals surface area contributed by atoms with Crippen LogP contribution in [0.3, 0.4) is 0 Å². The molecule has 29 heavy (non-hydrogen) atoms. The maximum absolute atomic E-state index is 13.2. The highest BCUT2D eigenvalue weighted by molar-refractivity contribution is 8.00. The number of rotatable bonds is 5. The van der Waals surface area contributed by atoms with Gasteiger partial charge in [-0.05, 0) is 44.0 Å². The Morgan fingerprint density at radius 1 is 1.17 bits per heavy atom. The minimum absolute atomic E-state index is 0.0919. The number of fused-ring (bicyclic) bond motifs is 1. The van der Waals surface area contributed by atoms with Crippen molar-refractivity contribution in [3.63, 3.8) is 0 Å². The fraction of sp³-hybridized carbons (Fsp3) is 0.318. The summed E-state index contributed by atoms with van der Waals surface area (Å²) in [4.78, 5) is 15.2. The van der Waals surface area contributed by atoms with Crippen LogP contribution in [0.1, 0.15) is 19.4 Å². The first-order valence-corrected chi connectivity index (χ1v) is 10.5. The molecule has 2 aromatic carbocycles. The van der Waals surface area contributed by atoms with E-state index >= 15 is 0 Å². The molecule has 0 spiro atoms.